The molecule has 104 valence electrons. The molecular formula is C13H19N3O3. The first-order valence-corrected chi connectivity index (χ1v) is 6.52. The number of anilines is 1. The summed E-state index contributed by atoms with van der Waals surface area (Å²) in [6.07, 6.45) is 3.63. The van der Waals surface area contributed by atoms with E-state index < -0.39 is 4.92 Å². The van der Waals surface area contributed by atoms with Crippen LogP contribution in [0.1, 0.15) is 25.0 Å². The fourth-order valence-electron chi connectivity index (χ4n) is 2.30. The fraction of sp³-hybridized carbons (Fsp3) is 0.615. The van der Waals surface area contributed by atoms with Gasteiger partial charge in [0.05, 0.1) is 11.0 Å². The van der Waals surface area contributed by atoms with Gasteiger partial charge in [0, 0.05) is 26.3 Å². The van der Waals surface area contributed by atoms with Crippen molar-refractivity contribution in [3.63, 3.8) is 0 Å². The largest absolute Gasteiger partial charge is 0.376 e. The van der Waals surface area contributed by atoms with Gasteiger partial charge in [-0.3, -0.25) is 10.1 Å². The summed E-state index contributed by atoms with van der Waals surface area (Å²) in [5, 5.41) is 10.8. The van der Waals surface area contributed by atoms with E-state index in [-0.39, 0.29) is 11.8 Å². The second kappa shape index (κ2) is 5.97. The number of likely N-dealkylation sites (N-methyl/N-ethyl adjacent to an activating group) is 1. The van der Waals surface area contributed by atoms with Crippen LogP contribution in [0.15, 0.2) is 12.1 Å². The van der Waals surface area contributed by atoms with Crippen molar-refractivity contribution in [2.24, 2.45) is 0 Å². The average Bonchev–Trinajstić information content (AvgIpc) is 2.39. The molecule has 1 aliphatic rings. The second-order valence-electron chi connectivity index (χ2n) is 4.90. The van der Waals surface area contributed by atoms with Gasteiger partial charge >= 0.3 is 0 Å². The number of rotatable bonds is 4. The van der Waals surface area contributed by atoms with Crippen LogP contribution in [0.3, 0.4) is 0 Å². The molecule has 1 fully saturated rings. The van der Waals surface area contributed by atoms with Crippen LogP contribution in [0, 0.1) is 17.0 Å². The van der Waals surface area contributed by atoms with Crippen LogP contribution in [0.4, 0.5) is 11.5 Å². The monoisotopic (exact) mass is 265 g/mol. The second-order valence-corrected chi connectivity index (χ2v) is 4.90. The molecule has 6 nitrogen and oxygen atoms in total. The molecule has 0 saturated carbocycles. The van der Waals surface area contributed by atoms with Gasteiger partial charge in [-0.25, -0.2) is 4.98 Å². The highest BCUT2D eigenvalue weighted by Crippen LogP contribution is 2.21. The number of aromatic nitrogens is 1. The Morgan fingerprint density at radius 2 is 2.32 bits per heavy atom. The molecule has 0 radical (unpaired) electrons. The SMILES string of the molecule is Cc1nc(N(C)C[C@@H]2CCCCO2)ccc1[N+](=O)[O-]. The zero-order valence-corrected chi connectivity index (χ0v) is 11.3. The Bertz CT molecular complexity index is 458. The molecule has 2 heterocycles. The standard InChI is InChI=1S/C13H19N3O3/c1-10-12(16(17)18)6-7-13(14-10)15(2)9-11-5-3-4-8-19-11/h6-7,11H,3-5,8-9H2,1-2H3/t11-/m0/s1. The van der Waals surface area contributed by atoms with Crippen LogP contribution < -0.4 is 4.90 Å². The normalized spacial score (nSPS) is 19.2. The summed E-state index contributed by atoms with van der Waals surface area (Å²) < 4.78 is 5.68. The maximum absolute atomic E-state index is 10.8. The zero-order chi connectivity index (χ0) is 13.8. The molecule has 1 aliphatic heterocycles. The van der Waals surface area contributed by atoms with E-state index in [1.165, 1.54) is 12.5 Å². The Balaban J connectivity index is 2.04. The molecule has 1 atom stereocenters. The van der Waals surface area contributed by atoms with Crippen molar-refractivity contribution in [2.45, 2.75) is 32.3 Å². The van der Waals surface area contributed by atoms with Crippen molar-refractivity contribution >= 4 is 11.5 Å². The third kappa shape index (κ3) is 3.41. The van der Waals surface area contributed by atoms with Gasteiger partial charge in [-0.15, -0.1) is 0 Å². The summed E-state index contributed by atoms with van der Waals surface area (Å²) in [6.45, 7) is 3.25. The van der Waals surface area contributed by atoms with Crippen LogP contribution in [-0.2, 0) is 4.74 Å². The molecular weight excluding hydrogens is 246 g/mol. The fourth-order valence-corrected chi connectivity index (χ4v) is 2.30. The highest BCUT2D eigenvalue weighted by atomic mass is 16.6. The third-order valence-electron chi connectivity index (χ3n) is 3.38. The average molecular weight is 265 g/mol. The van der Waals surface area contributed by atoms with Crippen molar-refractivity contribution in [3.05, 3.63) is 27.9 Å². The first kappa shape index (κ1) is 13.7. The summed E-state index contributed by atoms with van der Waals surface area (Å²) in [6, 6.07) is 3.20. The van der Waals surface area contributed by atoms with E-state index in [2.05, 4.69) is 4.98 Å². The van der Waals surface area contributed by atoms with E-state index in [0.717, 1.165) is 31.8 Å². The lowest BCUT2D eigenvalue weighted by molar-refractivity contribution is -0.385. The summed E-state index contributed by atoms with van der Waals surface area (Å²) >= 11 is 0. The van der Waals surface area contributed by atoms with Gasteiger partial charge in [-0.05, 0) is 32.3 Å². The number of nitro groups is 1. The number of hydrogen-bond donors (Lipinski definition) is 0. The number of pyridine rings is 1. The zero-order valence-electron chi connectivity index (χ0n) is 11.3. The predicted molar refractivity (Wildman–Crippen MR) is 72.5 cm³/mol. The third-order valence-corrected chi connectivity index (χ3v) is 3.38. The van der Waals surface area contributed by atoms with E-state index in [1.807, 2.05) is 11.9 Å². The Morgan fingerprint density at radius 3 is 2.89 bits per heavy atom. The molecule has 1 aromatic heterocycles. The molecule has 2 rings (SSSR count). The minimum Gasteiger partial charge on any atom is -0.376 e. The molecule has 1 aromatic rings. The highest BCUT2D eigenvalue weighted by molar-refractivity contribution is 5.46. The molecule has 0 unspecified atom stereocenters. The first-order chi connectivity index (χ1) is 9.08. The maximum Gasteiger partial charge on any atom is 0.290 e. The number of hydrogen-bond acceptors (Lipinski definition) is 5. The predicted octanol–water partition coefficient (Wildman–Crippen LogP) is 2.30. The molecule has 0 aliphatic carbocycles. The number of ether oxygens (including phenoxy) is 1. The Morgan fingerprint density at radius 1 is 1.53 bits per heavy atom. The molecule has 1 saturated heterocycles. The Labute approximate surface area is 112 Å². The minimum absolute atomic E-state index is 0.0612. The smallest absolute Gasteiger partial charge is 0.290 e. The summed E-state index contributed by atoms with van der Waals surface area (Å²) in [5.41, 5.74) is 0.505. The maximum atomic E-state index is 10.8. The van der Waals surface area contributed by atoms with Crippen molar-refractivity contribution < 1.29 is 9.66 Å². The lowest BCUT2D eigenvalue weighted by atomic mass is 10.1. The van der Waals surface area contributed by atoms with Crippen LogP contribution in [-0.4, -0.2) is 36.2 Å². The van der Waals surface area contributed by atoms with Gasteiger partial charge in [0.2, 0.25) is 0 Å². The molecule has 6 heteroatoms. The van der Waals surface area contributed by atoms with Crippen LogP contribution in [0.25, 0.3) is 0 Å². The van der Waals surface area contributed by atoms with E-state index in [1.54, 1.807) is 13.0 Å². The van der Waals surface area contributed by atoms with Crippen molar-refractivity contribution in [1.82, 2.24) is 4.98 Å². The van der Waals surface area contributed by atoms with Crippen LogP contribution in [0.2, 0.25) is 0 Å². The van der Waals surface area contributed by atoms with Crippen LogP contribution in [0.5, 0.6) is 0 Å². The van der Waals surface area contributed by atoms with Gasteiger partial charge < -0.3 is 9.64 Å². The molecule has 0 spiro atoms. The van der Waals surface area contributed by atoms with Gasteiger partial charge in [0.15, 0.2) is 0 Å². The van der Waals surface area contributed by atoms with E-state index in [4.69, 9.17) is 4.74 Å². The quantitative estimate of drug-likeness (QED) is 0.617. The molecule has 19 heavy (non-hydrogen) atoms. The Kier molecular flexibility index (Phi) is 4.31. The van der Waals surface area contributed by atoms with Gasteiger partial charge in [0.1, 0.15) is 11.5 Å². The molecule has 0 aromatic carbocycles. The Hall–Kier alpha value is -1.69. The highest BCUT2D eigenvalue weighted by Gasteiger charge is 2.18. The van der Waals surface area contributed by atoms with E-state index in [0.29, 0.717) is 5.69 Å². The number of nitrogens with zero attached hydrogens (tertiary/aromatic N) is 3. The summed E-state index contributed by atoms with van der Waals surface area (Å²) in [4.78, 5) is 16.6. The lowest BCUT2D eigenvalue weighted by Crippen LogP contribution is -2.33. The first-order valence-electron chi connectivity index (χ1n) is 6.52. The van der Waals surface area contributed by atoms with Crippen molar-refractivity contribution in [3.8, 4) is 0 Å². The molecule has 0 amide bonds. The summed E-state index contributed by atoms with van der Waals surface area (Å²) in [7, 11) is 1.94. The van der Waals surface area contributed by atoms with Crippen LogP contribution >= 0.6 is 0 Å². The van der Waals surface area contributed by atoms with Crippen molar-refractivity contribution in [1.29, 1.82) is 0 Å². The van der Waals surface area contributed by atoms with Gasteiger partial charge in [-0.1, -0.05) is 0 Å². The number of aryl methyl sites for hydroxylation is 1. The minimum atomic E-state index is -0.406. The lowest BCUT2D eigenvalue weighted by Gasteiger charge is -2.28. The summed E-state index contributed by atoms with van der Waals surface area (Å²) in [5.74, 6) is 0.747. The van der Waals surface area contributed by atoms with Gasteiger partial charge in [-0.2, -0.15) is 0 Å². The molecule has 0 bridgehead atoms. The van der Waals surface area contributed by atoms with E-state index >= 15 is 0 Å². The van der Waals surface area contributed by atoms with E-state index in [9.17, 15) is 10.1 Å². The van der Waals surface area contributed by atoms with Crippen molar-refractivity contribution in [2.75, 3.05) is 25.1 Å². The topological polar surface area (TPSA) is 68.5 Å². The molecule has 0 N–H and O–H groups in total. The van der Waals surface area contributed by atoms with Gasteiger partial charge in [0.25, 0.3) is 5.69 Å².